The molecular weight excluding hydrogens is 350 g/mol. The lowest BCUT2D eigenvalue weighted by Gasteiger charge is -2.12. The zero-order valence-corrected chi connectivity index (χ0v) is 12.5. The Hall–Kier alpha value is -2.71. The van der Waals surface area contributed by atoms with E-state index in [0.717, 1.165) is 18.2 Å². The van der Waals surface area contributed by atoms with E-state index in [2.05, 4.69) is 9.73 Å². The van der Waals surface area contributed by atoms with Gasteiger partial charge in [0.25, 0.3) is 0 Å². The Kier molecular flexibility index (Phi) is 5.24. The second kappa shape index (κ2) is 7.04. The fourth-order valence-corrected chi connectivity index (χ4v) is 1.98. The summed E-state index contributed by atoms with van der Waals surface area (Å²) in [5.41, 5.74) is 4.86. The van der Waals surface area contributed by atoms with Crippen LogP contribution in [0, 0.1) is 0 Å². The van der Waals surface area contributed by atoms with Crippen molar-refractivity contribution in [3.63, 3.8) is 0 Å². The maximum atomic E-state index is 12.7. The lowest BCUT2D eigenvalue weighted by atomic mass is 10.1. The maximum Gasteiger partial charge on any atom is 0.573 e. The van der Waals surface area contributed by atoms with Crippen LogP contribution in [-0.2, 0) is 12.7 Å². The minimum Gasteiger partial charge on any atom is -0.405 e. The Balaban J connectivity index is 2.23. The van der Waals surface area contributed by atoms with Crippen LogP contribution in [0.25, 0.3) is 0 Å². The summed E-state index contributed by atoms with van der Waals surface area (Å²) in [6.07, 6.45) is -9.41. The van der Waals surface area contributed by atoms with Crippen molar-refractivity contribution >= 4 is 5.84 Å². The third kappa shape index (κ3) is 5.40. The van der Waals surface area contributed by atoms with Gasteiger partial charge in [-0.05, 0) is 18.2 Å². The summed E-state index contributed by atoms with van der Waals surface area (Å²) >= 11 is 0. The summed E-state index contributed by atoms with van der Waals surface area (Å²) < 4.78 is 79.0. The first-order valence-corrected chi connectivity index (χ1v) is 6.87. The molecule has 0 saturated carbocycles. The molecule has 0 unspecified atom stereocenters. The van der Waals surface area contributed by atoms with Crippen LogP contribution in [0.15, 0.2) is 53.5 Å². The van der Waals surface area contributed by atoms with Gasteiger partial charge in [0, 0.05) is 11.1 Å². The second-order valence-corrected chi connectivity index (χ2v) is 4.94. The Morgan fingerprint density at radius 2 is 1.64 bits per heavy atom. The number of hydrogen-bond donors (Lipinski definition) is 1. The maximum absolute atomic E-state index is 12.7. The first-order valence-electron chi connectivity index (χ1n) is 6.87. The molecule has 0 aliphatic heterocycles. The number of benzene rings is 2. The molecule has 0 saturated heterocycles. The monoisotopic (exact) mass is 362 g/mol. The summed E-state index contributed by atoms with van der Waals surface area (Å²) in [7, 11) is 0. The van der Waals surface area contributed by atoms with Crippen LogP contribution >= 0.6 is 0 Å². The highest BCUT2D eigenvalue weighted by Crippen LogP contribution is 2.30. The molecule has 0 fully saturated rings. The van der Waals surface area contributed by atoms with Crippen molar-refractivity contribution in [3.05, 3.63) is 65.2 Å². The summed E-state index contributed by atoms with van der Waals surface area (Å²) in [5, 5.41) is 0. The molecule has 0 spiro atoms. The van der Waals surface area contributed by atoms with Crippen molar-refractivity contribution in [2.75, 3.05) is 0 Å². The average Bonchev–Trinajstić information content (AvgIpc) is 2.51. The first kappa shape index (κ1) is 18.6. The third-order valence-corrected chi connectivity index (χ3v) is 3.10. The van der Waals surface area contributed by atoms with Crippen LogP contribution in [0.3, 0.4) is 0 Å². The number of alkyl halides is 6. The zero-order chi connectivity index (χ0) is 18.7. The number of rotatable bonds is 4. The van der Waals surface area contributed by atoms with E-state index in [9.17, 15) is 26.3 Å². The molecule has 0 atom stereocenters. The molecule has 2 aromatic rings. The van der Waals surface area contributed by atoms with Gasteiger partial charge < -0.3 is 10.5 Å². The summed E-state index contributed by atoms with van der Waals surface area (Å²) in [4.78, 5) is 3.86. The van der Waals surface area contributed by atoms with Crippen molar-refractivity contribution in [3.8, 4) is 5.75 Å². The standard InChI is InChI=1S/C16H12F6N2O/c17-15(18,19)12-6-3-5-10(8-12)14(23)24-9-11-4-1-2-7-13(11)25-16(20,21)22/h1-8H,9H2,(H2,23,24). The van der Waals surface area contributed by atoms with Gasteiger partial charge in [-0.2, -0.15) is 13.2 Å². The Bertz CT molecular complexity index is 768. The summed E-state index contributed by atoms with van der Waals surface area (Å²) in [5.74, 6) is -0.677. The van der Waals surface area contributed by atoms with E-state index in [-0.39, 0.29) is 23.5 Å². The molecule has 0 aromatic heterocycles. The third-order valence-electron chi connectivity index (χ3n) is 3.10. The molecule has 0 bridgehead atoms. The molecule has 3 nitrogen and oxygen atoms in total. The molecule has 0 aliphatic carbocycles. The first-order chi connectivity index (χ1) is 11.6. The molecule has 0 aliphatic rings. The molecular formula is C16H12F6N2O. The van der Waals surface area contributed by atoms with Crippen molar-refractivity contribution in [1.82, 2.24) is 0 Å². The summed E-state index contributed by atoms with van der Waals surface area (Å²) in [6, 6.07) is 9.48. The van der Waals surface area contributed by atoms with Gasteiger partial charge in [0.2, 0.25) is 0 Å². The minimum atomic E-state index is -4.87. The van der Waals surface area contributed by atoms with Gasteiger partial charge in [-0.3, -0.25) is 4.99 Å². The van der Waals surface area contributed by atoms with E-state index in [0.29, 0.717) is 0 Å². The van der Waals surface area contributed by atoms with E-state index in [4.69, 9.17) is 5.73 Å². The van der Waals surface area contributed by atoms with Crippen molar-refractivity contribution in [2.24, 2.45) is 10.7 Å². The highest BCUT2D eigenvalue weighted by molar-refractivity contribution is 5.97. The number of hydrogen-bond acceptors (Lipinski definition) is 2. The van der Waals surface area contributed by atoms with Gasteiger partial charge in [0.05, 0.1) is 12.1 Å². The van der Waals surface area contributed by atoms with Crippen LogP contribution in [0.2, 0.25) is 0 Å². The van der Waals surface area contributed by atoms with E-state index in [1.54, 1.807) is 0 Å². The minimum absolute atomic E-state index is 0.0176. The van der Waals surface area contributed by atoms with E-state index >= 15 is 0 Å². The molecule has 25 heavy (non-hydrogen) atoms. The fraction of sp³-hybridized carbons (Fsp3) is 0.188. The predicted octanol–water partition coefficient (Wildman–Crippen LogP) is 4.51. The normalized spacial score (nSPS) is 13.0. The topological polar surface area (TPSA) is 47.6 Å². The smallest absolute Gasteiger partial charge is 0.405 e. The Labute approximate surface area is 138 Å². The number of nitrogens with two attached hydrogens (primary N) is 1. The van der Waals surface area contributed by atoms with Crippen molar-refractivity contribution in [2.45, 2.75) is 19.1 Å². The lowest BCUT2D eigenvalue weighted by Crippen LogP contribution is -2.18. The molecule has 2 rings (SSSR count). The molecule has 0 radical (unpaired) electrons. The average molecular weight is 362 g/mol. The van der Waals surface area contributed by atoms with E-state index in [1.807, 2.05) is 0 Å². The number of para-hydroxylation sites is 1. The van der Waals surface area contributed by atoms with Gasteiger partial charge in [0.1, 0.15) is 11.6 Å². The van der Waals surface area contributed by atoms with Crippen LogP contribution in [-0.4, -0.2) is 12.2 Å². The molecule has 134 valence electrons. The number of halogens is 6. The highest BCUT2D eigenvalue weighted by atomic mass is 19.4. The number of amidine groups is 1. The van der Waals surface area contributed by atoms with Crippen LogP contribution in [0.1, 0.15) is 16.7 Å². The molecule has 0 amide bonds. The van der Waals surface area contributed by atoms with Crippen LogP contribution in [0.5, 0.6) is 5.75 Å². The van der Waals surface area contributed by atoms with Crippen LogP contribution < -0.4 is 10.5 Å². The van der Waals surface area contributed by atoms with E-state index in [1.165, 1.54) is 30.3 Å². The highest BCUT2D eigenvalue weighted by Gasteiger charge is 2.32. The van der Waals surface area contributed by atoms with Crippen LogP contribution in [0.4, 0.5) is 26.3 Å². The summed E-state index contributed by atoms with van der Waals surface area (Å²) in [6.45, 7) is -0.283. The quantitative estimate of drug-likeness (QED) is 0.494. The lowest BCUT2D eigenvalue weighted by molar-refractivity contribution is -0.274. The molecule has 2 aromatic carbocycles. The van der Waals surface area contributed by atoms with E-state index < -0.39 is 23.9 Å². The number of ether oxygens (including phenoxy) is 1. The van der Waals surface area contributed by atoms with Gasteiger partial charge in [-0.1, -0.05) is 30.3 Å². The number of aliphatic imine (C=N–C) groups is 1. The van der Waals surface area contributed by atoms with Gasteiger partial charge in [-0.25, -0.2) is 0 Å². The Morgan fingerprint density at radius 3 is 2.28 bits per heavy atom. The largest absolute Gasteiger partial charge is 0.573 e. The Morgan fingerprint density at radius 1 is 0.960 bits per heavy atom. The van der Waals surface area contributed by atoms with Crippen molar-refractivity contribution < 1.29 is 31.1 Å². The predicted molar refractivity (Wildman–Crippen MR) is 79.0 cm³/mol. The fourth-order valence-electron chi connectivity index (χ4n) is 1.98. The van der Waals surface area contributed by atoms with Gasteiger partial charge in [-0.15, -0.1) is 13.2 Å². The SMILES string of the molecule is NC(=NCc1ccccc1OC(F)(F)F)c1cccc(C(F)(F)F)c1. The molecule has 2 N–H and O–H groups in total. The van der Waals surface area contributed by atoms with Crippen molar-refractivity contribution in [1.29, 1.82) is 0 Å². The van der Waals surface area contributed by atoms with Gasteiger partial charge in [0.15, 0.2) is 0 Å². The molecule has 9 heteroatoms. The number of nitrogens with zero attached hydrogens (tertiary/aromatic N) is 1. The molecule has 0 heterocycles. The van der Waals surface area contributed by atoms with Gasteiger partial charge >= 0.3 is 12.5 Å². The second-order valence-electron chi connectivity index (χ2n) is 4.94. The zero-order valence-electron chi connectivity index (χ0n) is 12.5.